The van der Waals surface area contributed by atoms with E-state index in [0.717, 1.165) is 19.3 Å². The van der Waals surface area contributed by atoms with E-state index < -0.39 is 5.54 Å². The minimum atomic E-state index is -1.14. The van der Waals surface area contributed by atoms with Gasteiger partial charge in [0.15, 0.2) is 18.9 Å². The van der Waals surface area contributed by atoms with Crippen LogP contribution in [0, 0.1) is 53.3 Å². The highest BCUT2D eigenvalue weighted by Gasteiger charge is 2.41. The summed E-state index contributed by atoms with van der Waals surface area (Å²) in [6, 6.07) is 0. The van der Waals surface area contributed by atoms with Crippen molar-refractivity contribution in [2.45, 2.75) is 164 Å². The third-order valence-electron chi connectivity index (χ3n) is 17.1. The summed E-state index contributed by atoms with van der Waals surface area (Å²) in [6.45, 7) is 33.8. The van der Waals surface area contributed by atoms with Gasteiger partial charge in [-0.2, -0.15) is 0 Å². The van der Waals surface area contributed by atoms with Crippen molar-refractivity contribution in [1.29, 1.82) is 0 Å². The summed E-state index contributed by atoms with van der Waals surface area (Å²) in [4.78, 5) is 37.7. The second-order valence-corrected chi connectivity index (χ2v) is 23.2. The van der Waals surface area contributed by atoms with E-state index in [4.69, 9.17) is 76.8 Å². The topological polar surface area (TPSA) is 252 Å². The molecule has 0 radical (unpaired) electrons. The minimum absolute atomic E-state index is 0.00244. The molecule has 22 nitrogen and oxygen atoms in total. The van der Waals surface area contributed by atoms with Crippen LogP contribution >= 0.6 is 0 Å². The first-order valence-corrected chi connectivity index (χ1v) is 31.6. The average molecular weight is 1190 g/mol. The van der Waals surface area contributed by atoms with Crippen LogP contribution in [0.4, 0.5) is 0 Å². The Balaban J connectivity index is 1.26. The summed E-state index contributed by atoms with van der Waals surface area (Å²) >= 11 is 0. The van der Waals surface area contributed by atoms with Gasteiger partial charge in [-0.1, -0.05) is 83.1 Å². The predicted molar refractivity (Wildman–Crippen MR) is 314 cm³/mol. The maximum atomic E-state index is 12.6. The lowest BCUT2D eigenvalue weighted by Crippen LogP contribution is -2.53. The molecule has 3 heterocycles. The summed E-state index contributed by atoms with van der Waals surface area (Å²) in [5.74, 6) is 3.38. The van der Waals surface area contributed by atoms with E-state index in [2.05, 4.69) is 99.0 Å². The van der Waals surface area contributed by atoms with E-state index in [1.54, 1.807) is 0 Å². The third kappa shape index (κ3) is 30.0. The molecule has 3 rings (SSSR count). The van der Waals surface area contributed by atoms with Gasteiger partial charge in [-0.25, -0.2) is 0 Å². The first-order chi connectivity index (χ1) is 40.0. The maximum absolute atomic E-state index is 12.6. The quantitative estimate of drug-likeness (QED) is 0.0547. The summed E-state index contributed by atoms with van der Waals surface area (Å²) in [5, 5.41) is 8.50. The van der Waals surface area contributed by atoms with Crippen molar-refractivity contribution < 1.29 is 85.4 Å². The minimum Gasteiger partial charge on any atom is -0.379 e. The molecule has 3 saturated heterocycles. The van der Waals surface area contributed by atoms with Gasteiger partial charge in [-0.05, 0) is 54.8 Å². The Bertz CT molecular complexity index is 1490. The van der Waals surface area contributed by atoms with Crippen molar-refractivity contribution in [3.8, 4) is 0 Å². The van der Waals surface area contributed by atoms with Crippen molar-refractivity contribution in [2.75, 3.05) is 158 Å². The molecule has 488 valence electrons. The molecule has 22 heteroatoms. The van der Waals surface area contributed by atoms with Gasteiger partial charge < -0.3 is 92.7 Å². The molecule has 3 aliphatic heterocycles. The van der Waals surface area contributed by atoms with Gasteiger partial charge in [0.2, 0.25) is 17.7 Å². The van der Waals surface area contributed by atoms with Crippen molar-refractivity contribution >= 4 is 17.7 Å². The van der Waals surface area contributed by atoms with Crippen molar-refractivity contribution in [3.63, 3.8) is 0 Å². The number of carbonyl (C=O) groups is 3. The standard InChI is InChI=1S/C61H116N4O18/c1-13-52-46(7)43(4)49(10)58(81-52)78-37-34-72-31-28-69-25-19-63-55(66)16-22-75-40-61(62,41-76-23-17-56(67)64-20-26-70-29-32-73-35-38-79-59-50(11)44(5)47(8)53(14-2)82-59)42-77-24-18-57(68)65-21-27-71-30-33-74-36-39-80-60-51(12)45(6)48(9)54(15-3)83-60/h43-54,58-60H,13-42,62H2,1-12H3,(H,63,66)(H,64,67)(H,65,68)/t43-,44-,45-,46-,47-,48-,49?,50?,51?,52?,53?,54?,58-,59-,60-,61?/m0/s1. The van der Waals surface area contributed by atoms with Gasteiger partial charge in [0.05, 0.1) is 163 Å². The van der Waals surface area contributed by atoms with E-state index in [1.165, 1.54) is 0 Å². The van der Waals surface area contributed by atoms with Gasteiger partial charge in [-0.3, -0.25) is 14.4 Å². The molecule has 0 aromatic heterocycles. The van der Waals surface area contributed by atoms with Crippen LogP contribution < -0.4 is 21.7 Å². The van der Waals surface area contributed by atoms with Gasteiger partial charge in [-0.15, -0.1) is 0 Å². The molecule has 0 aromatic rings. The molecule has 6 unspecified atom stereocenters. The van der Waals surface area contributed by atoms with Crippen LogP contribution in [-0.4, -0.2) is 219 Å². The smallest absolute Gasteiger partial charge is 0.222 e. The summed E-state index contributed by atoms with van der Waals surface area (Å²) in [5.41, 5.74) is 5.59. The largest absolute Gasteiger partial charge is 0.379 e. The molecule has 5 N–H and O–H groups in total. The summed E-state index contributed by atoms with van der Waals surface area (Å²) in [7, 11) is 0. The zero-order valence-electron chi connectivity index (χ0n) is 53.3. The molecule has 83 heavy (non-hydrogen) atoms. The van der Waals surface area contributed by atoms with Gasteiger partial charge in [0.25, 0.3) is 0 Å². The highest BCUT2D eigenvalue weighted by Crippen LogP contribution is 2.38. The van der Waals surface area contributed by atoms with Crippen LogP contribution in [0.2, 0.25) is 0 Å². The van der Waals surface area contributed by atoms with Gasteiger partial charge in [0, 0.05) is 56.7 Å². The Labute approximate surface area is 499 Å². The Kier molecular flexibility index (Phi) is 40.0. The number of nitrogens with one attached hydrogen (secondary N) is 3. The van der Waals surface area contributed by atoms with E-state index in [9.17, 15) is 14.4 Å². The molecule has 15 atom stereocenters. The average Bonchev–Trinajstić information content (AvgIpc) is 3.56. The molecule has 3 aliphatic rings. The maximum Gasteiger partial charge on any atom is 0.222 e. The lowest BCUT2D eigenvalue weighted by Gasteiger charge is -2.43. The number of hydrogen-bond donors (Lipinski definition) is 4. The highest BCUT2D eigenvalue weighted by molar-refractivity contribution is 5.76. The molecule has 0 bridgehead atoms. The SMILES string of the molecule is CCC1O[C@H](OCCOCCOCCNC(=O)CCOCC(N)(COCCC(=O)NCCOCCOCCO[C@H]2OC(CC)[C@@H](C)[C@H](C)C2C)COCCC(=O)NCCOCCOCCO[C@H]2OC(CC)[C@@H](C)[C@H](C)C2C)C(C)[C@@H](C)[C@@H]1C. The Morgan fingerprint density at radius 2 is 0.578 bits per heavy atom. The summed E-state index contributed by atoms with van der Waals surface area (Å²) in [6.07, 6.45) is 3.13. The number of rotatable bonds is 48. The molecular weight excluding hydrogens is 1080 g/mol. The lowest BCUT2D eigenvalue weighted by atomic mass is 9.78. The van der Waals surface area contributed by atoms with E-state index >= 15 is 0 Å². The van der Waals surface area contributed by atoms with Crippen LogP contribution in [0.25, 0.3) is 0 Å². The first kappa shape index (κ1) is 75.0. The Morgan fingerprint density at radius 3 is 0.831 bits per heavy atom. The van der Waals surface area contributed by atoms with E-state index in [1.807, 2.05) is 0 Å². The molecule has 3 amide bonds. The number of amides is 3. The molecular formula is C61H116N4O18. The zero-order valence-corrected chi connectivity index (χ0v) is 53.3. The fourth-order valence-electron chi connectivity index (χ4n) is 10.6. The summed E-state index contributed by atoms with van der Waals surface area (Å²) < 4.78 is 88.1. The molecule has 0 spiro atoms. The third-order valence-corrected chi connectivity index (χ3v) is 17.1. The molecule has 0 aliphatic carbocycles. The zero-order chi connectivity index (χ0) is 60.8. The van der Waals surface area contributed by atoms with Crippen LogP contribution in [0.3, 0.4) is 0 Å². The fourth-order valence-corrected chi connectivity index (χ4v) is 10.6. The van der Waals surface area contributed by atoms with Crippen molar-refractivity contribution in [1.82, 2.24) is 16.0 Å². The van der Waals surface area contributed by atoms with Crippen LogP contribution in [-0.2, 0) is 85.4 Å². The number of carbonyl (C=O) groups excluding carboxylic acids is 3. The Morgan fingerprint density at radius 1 is 0.337 bits per heavy atom. The molecule has 0 aromatic carbocycles. The Hall–Kier alpha value is -2.23. The molecule has 3 fully saturated rings. The van der Waals surface area contributed by atoms with Crippen LogP contribution in [0.1, 0.15) is 122 Å². The van der Waals surface area contributed by atoms with Crippen molar-refractivity contribution in [2.24, 2.45) is 59.0 Å². The monoisotopic (exact) mass is 1190 g/mol. The van der Waals surface area contributed by atoms with E-state index in [0.29, 0.717) is 172 Å². The van der Waals surface area contributed by atoms with Crippen LogP contribution in [0.15, 0.2) is 0 Å². The molecule has 0 saturated carbocycles. The lowest BCUT2D eigenvalue weighted by molar-refractivity contribution is -0.251. The number of nitrogens with two attached hydrogens (primary N) is 1. The van der Waals surface area contributed by atoms with Crippen LogP contribution in [0.5, 0.6) is 0 Å². The first-order valence-electron chi connectivity index (χ1n) is 31.6. The highest BCUT2D eigenvalue weighted by atomic mass is 16.7. The van der Waals surface area contributed by atoms with E-state index in [-0.39, 0.29) is 114 Å². The second kappa shape index (κ2) is 44.2. The second-order valence-electron chi connectivity index (χ2n) is 23.2. The number of hydrogen-bond acceptors (Lipinski definition) is 19. The normalized spacial score (nSPS) is 29.1. The fraction of sp³-hybridized carbons (Fsp3) is 0.951. The van der Waals surface area contributed by atoms with Crippen molar-refractivity contribution in [3.05, 3.63) is 0 Å². The van der Waals surface area contributed by atoms with Gasteiger partial charge in [0.1, 0.15) is 0 Å². The van der Waals surface area contributed by atoms with Gasteiger partial charge >= 0.3 is 0 Å². The predicted octanol–water partition coefficient (Wildman–Crippen LogP) is 5.53. The number of ether oxygens (including phenoxy) is 15.